The van der Waals surface area contributed by atoms with Crippen molar-refractivity contribution in [1.82, 2.24) is 0 Å². The summed E-state index contributed by atoms with van der Waals surface area (Å²) in [6.45, 7) is 3.49. The van der Waals surface area contributed by atoms with Gasteiger partial charge in [0.1, 0.15) is 6.61 Å². The van der Waals surface area contributed by atoms with Gasteiger partial charge in [0.2, 0.25) is 0 Å². The van der Waals surface area contributed by atoms with Crippen LogP contribution < -0.4 is 0 Å². The van der Waals surface area contributed by atoms with E-state index in [0.717, 1.165) is 5.56 Å². The van der Waals surface area contributed by atoms with E-state index >= 15 is 0 Å². The summed E-state index contributed by atoms with van der Waals surface area (Å²) in [5, 5.41) is 0. The van der Waals surface area contributed by atoms with Crippen molar-refractivity contribution >= 4 is 6.16 Å². The molecule has 0 bridgehead atoms. The molecule has 0 spiro atoms. The predicted molar refractivity (Wildman–Crippen MR) is 53.9 cm³/mol. The number of hydrogen-bond acceptors (Lipinski definition) is 4. The maximum absolute atomic E-state index is 11.0. The number of hydrogen-bond donors (Lipinski definition) is 0. The Morgan fingerprint density at radius 2 is 2.00 bits per heavy atom. The van der Waals surface area contributed by atoms with Gasteiger partial charge in [-0.3, -0.25) is 0 Å². The van der Waals surface area contributed by atoms with Crippen molar-refractivity contribution in [1.29, 1.82) is 0 Å². The minimum absolute atomic E-state index is 0.0898. The summed E-state index contributed by atoms with van der Waals surface area (Å²) in [5.41, 5.74) is 0.887. The molecule has 0 atom stereocenters. The largest absolute Gasteiger partial charge is 0.516 e. The second-order valence-electron chi connectivity index (χ2n) is 2.70. The highest BCUT2D eigenvalue weighted by molar-refractivity contribution is 5.61. The SMILES string of the molecule is C=C(OC)OC(=O)OCc1ccccc1. The van der Waals surface area contributed by atoms with Crippen LogP contribution in [0.3, 0.4) is 0 Å². The van der Waals surface area contributed by atoms with E-state index < -0.39 is 6.16 Å². The van der Waals surface area contributed by atoms with Gasteiger partial charge in [0.05, 0.1) is 7.11 Å². The molecule has 0 amide bonds. The fraction of sp³-hybridized carbons (Fsp3) is 0.182. The van der Waals surface area contributed by atoms with E-state index in [9.17, 15) is 4.79 Å². The molecule has 1 aromatic rings. The van der Waals surface area contributed by atoms with Crippen LogP contribution in [0.1, 0.15) is 5.56 Å². The van der Waals surface area contributed by atoms with Gasteiger partial charge in [0.25, 0.3) is 5.95 Å². The van der Waals surface area contributed by atoms with Crippen LogP contribution in [0.2, 0.25) is 0 Å². The second kappa shape index (κ2) is 5.70. The summed E-state index contributed by atoms with van der Waals surface area (Å²) in [6.07, 6.45) is -0.828. The lowest BCUT2D eigenvalue weighted by atomic mass is 10.2. The van der Waals surface area contributed by atoms with Gasteiger partial charge in [-0.05, 0) is 12.1 Å². The van der Waals surface area contributed by atoms with Crippen LogP contribution in [-0.2, 0) is 20.8 Å². The van der Waals surface area contributed by atoms with Gasteiger partial charge in [0.15, 0.2) is 0 Å². The van der Waals surface area contributed by atoms with E-state index in [1.54, 1.807) is 0 Å². The zero-order chi connectivity index (χ0) is 11.1. The number of benzene rings is 1. The van der Waals surface area contributed by atoms with Crippen molar-refractivity contribution in [2.24, 2.45) is 0 Å². The van der Waals surface area contributed by atoms with E-state index in [4.69, 9.17) is 4.74 Å². The van der Waals surface area contributed by atoms with Crippen LogP contribution >= 0.6 is 0 Å². The van der Waals surface area contributed by atoms with Crippen LogP contribution in [-0.4, -0.2) is 13.3 Å². The summed E-state index contributed by atoms with van der Waals surface area (Å²) in [4.78, 5) is 11.0. The smallest absolute Gasteiger partial charge is 0.469 e. The van der Waals surface area contributed by atoms with Crippen molar-refractivity contribution in [2.45, 2.75) is 6.61 Å². The molecule has 4 nitrogen and oxygen atoms in total. The van der Waals surface area contributed by atoms with Crippen LogP contribution in [0.15, 0.2) is 42.9 Å². The molecule has 0 saturated carbocycles. The van der Waals surface area contributed by atoms with Crippen molar-refractivity contribution in [3.05, 3.63) is 48.4 Å². The zero-order valence-corrected chi connectivity index (χ0v) is 8.43. The second-order valence-corrected chi connectivity index (χ2v) is 2.70. The van der Waals surface area contributed by atoms with Crippen molar-refractivity contribution < 1.29 is 19.0 Å². The molecule has 0 radical (unpaired) electrons. The van der Waals surface area contributed by atoms with Crippen LogP contribution in [0.4, 0.5) is 4.79 Å². The molecule has 0 aliphatic rings. The molecule has 0 N–H and O–H groups in total. The quantitative estimate of drug-likeness (QED) is 0.563. The summed E-state index contributed by atoms with van der Waals surface area (Å²) in [5.74, 6) is -0.0898. The maximum atomic E-state index is 11.0. The van der Waals surface area contributed by atoms with Crippen LogP contribution in [0.25, 0.3) is 0 Å². The molecule has 80 valence electrons. The van der Waals surface area contributed by atoms with Gasteiger partial charge in [0, 0.05) is 0 Å². The number of carbonyl (C=O) groups is 1. The Hall–Kier alpha value is -1.97. The molecule has 0 aromatic heterocycles. The monoisotopic (exact) mass is 208 g/mol. The molecule has 0 heterocycles. The molecule has 0 unspecified atom stereocenters. The molecule has 0 saturated heterocycles. The highest BCUT2D eigenvalue weighted by Crippen LogP contribution is 2.03. The third-order valence-corrected chi connectivity index (χ3v) is 1.62. The van der Waals surface area contributed by atoms with E-state index in [2.05, 4.69) is 16.1 Å². The molecular formula is C11H12O4. The molecule has 0 aliphatic carbocycles. The highest BCUT2D eigenvalue weighted by Gasteiger charge is 2.06. The molecular weight excluding hydrogens is 196 g/mol. The summed E-state index contributed by atoms with van der Waals surface area (Å²) in [7, 11) is 1.35. The van der Waals surface area contributed by atoms with Crippen LogP contribution in [0.5, 0.6) is 0 Å². The van der Waals surface area contributed by atoms with Gasteiger partial charge in [-0.15, -0.1) is 0 Å². The lowest BCUT2D eigenvalue weighted by molar-refractivity contribution is 0.0296. The van der Waals surface area contributed by atoms with Gasteiger partial charge in [-0.25, -0.2) is 4.79 Å². The number of rotatable bonds is 4. The fourth-order valence-corrected chi connectivity index (χ4v) is 0.881. The van der Waals surface area contributed by atoms with Gasteiger partial charge >= 0.3 is 6.16 Å². The lowest BCUT2D eigenvalue weighted by Gasteiger charge is -2.06. The Morgan fingerprint density at radius 3 is 2.60 bits per heavy atom. The van der Waals surface area contributed by atoms with E-state index in [1.807, 2.05) is 30.3 Å². The summed E-state index contributed by atoms with van der Waals surface area (Å²) in [6, 6.07) is 9.29. The maximum Gasteiger partial charge on any atom is 0.516 e. The van der Waals surface area contributed by atoms with Crippen molar-refractivity contribution in [2.75, 3.05) is 7.11 Å². The fourth-order valence-electron chi connectivity index (χ4n) is 0.881. The minimum Gasteiger partial charge on any atom is -0.469 e. The Kier molecular flexibility index (Phi) is 4.22. The first kappa shape index (κ1) is 11.1. The van der Waals surface area contributed by atoms with Gasteiger partial charge < -0.3 is 14.2 Å². The first-order valence-corrected chi connectivity index (χ1v) is 4.34. The summed E-state index contributed by atoms with van der Waals surface area (Å²) < 4.78 is 13.9. The molecule has 0 fully saturated rings. The minimum atomic E-state index is -0.828. The number of carbonyl (C=O) groups excluding carboxylic acids is 1. The highest BCUT2D eigenvalue weighted by atomic mass is 16.8. The van der Waals surface area contributed by atoms with Gasteiger partial charge in [-0.2, -0.15) is 0 Å². The van der Waals surface area contributed by atoms with E-state index in [0.29, 0.717) is 0 Å². The molecule has 0 aliphatic heterocycles. The Balaban J connectivity index is 2.32. The van der Waals surface area contributed by atoms with E-state index in [1.165, 1.54) is 7.11 Å². The zero-order valence-electron chi connectivity index (χ0n) is 8.43. The molecule has 1 aromatic carbocycles. The van der Waals surface area contributed by atoms with Crippen molar-refractivity contribution in [3.8, 4) is 0 Å². The average Bonchev–Trinajstić information content (AvgIpc) is 2.27. The molecule has 1 rings (SSSR count). The third-order valence-electron chi connectivity index (χ3n) is 1.62. The van der Waals surface area contributed by atoms with Crippen molar-refractivity contribution in [3.63, 3.8) is 0 Å². The van der Waals surface area contributed by atoms with Crippen LogP contribution in [0, 0.1) is 0 Å². The number of methoxy groups -OCH3 is 1. The Labute approximate surface area is 88.1 Å². The normalized spacial score (nSPS) is 9.13. The topological polar surface area (TPSA) is 44.8 Å². The summed E-state index contributed by atoms with van der Waals surface area (Å²) >= 11 is 0. The predicted octanol–water partition coefficient (Wildman–Crippen LogP) is 2.46. The molecule has 15 heavy (non-hydrogen) atoms. The Bertz CT molecular complexity index is 332. The average molecular weight is 208 g/mol. The first-order valence-electron chi connectivity index (χ1n) is 4.34. The van der Waals surface area contributed by atoms with E-state index in [-0.39, 0.29) is 12.6 Å². The third kappa shape index (κ3) is 4.17. The lowest BCUT2D eigenvalue weighted by Crippen LogP contribution is -2.07. The molecule has 4 heteroatoms. The standard InChI is InChI=1S/C11H12O4/c1-9(13-2)15-11(12)14-8-10-6-4-3-5-7-10/h3-7H,1,8H2,2H3. The number of ether oxygens (including phenoxy) is 3. The first-order chi connectivity index (χ1) is 7.22. The van der Waals surface area contributed by atoms with Gasteiger partial charge in [-0.1, -0.05) is 30.3 Å². The Morgan fingerprint density at radius 1 is 1.33 bits per heavy atom.